The molecule has 1 N–H and O–H groups in total. The quantitative estimate of drug-likeness (QED) is 0.593. The third-order valence-electron chi connectivity index (χ3n) is 2.52. The Morgan fingerprint density at radius 3 is 2.56 bits per heavy atom. The Balaban J connectivity index is 2.66. The molecule has 0 saturated heterocycles. The summed E-state index contributed by atoms with van der Waals surface area (Å²) in [6, 6.07) is 7.43. The number of aliphatic hydroxyl groups is 1. The zero-order valence-electron chi connectivity index (χ0n) is 10.4. The summed E-state index contributed by atoms with van der Waals surface area (Å²) < 4.78 is 6.06. The van der Waals surface area contributed by atoms with Crippen LogP contribution in [0.4, 0.5) is 0 Å². The summed E-state index contributed by atoms with van der Waals surface area (Å²) in [5, 5.41) is 9.01. The first-order chi connectivity index (χ1) is 8.69. The van der Waals surface area contributed by atoms with Crippen molar-refractivity contribution in [3.8, 4) is 0 Å². The molecule has 0 radical (unpaired) electrons. The Morgan fingerprint density at radius 1 is 1.33 bits per heavy atom. The summed E-state index contributed by atoms with van der Waals surface area (Å²) in [7, 11) is 1.64. The SMILES string of the molecule is COCCCN(CCO)C(=O)c1ccc(I)cc1. The number of benzene rings is 1. The lowest BCUT2D eigenvalue weighted by Crippen LogP contribution is -2.34. The van der Waals surface area contributed by atoms with Gasteiger partial charge in [0.15, 0.2) is 0 Å². The summed E-state index contributed by atoms with van der Waals surface area (Å²) >= 11 is 2.20. The normalized spacial score (nSPS) is 10.4. The molecule has 0 aliphatic heterocycles. The molecule has 0 atom stereocenters. The number of carbonyl (C=O) groups is 1. The van der Waals surface area contributed by atoms with Gasteiger partial charge in [-0.05, 0) is 53.3 Å². The minimum Gasteiger partial charge on any atom is -0.395 e. The second-order valence-corrected chi connectivity index (χ2v) is 5.11. The van der Waals surface area contributed by atoms with Gasteiger partial charge in [-0.2, -0.15) is 0 Å². The maximum absolute atomic E-state index is 12.2. The number of carbonyl (C=O) groups excluding carboxylic acids is 1. The van der Waals surface area contributed by atoms with Gasteiger partial charge in [-0.15, -0.1) is 0 Å². The molecule has 1 aromatic rings. The fourth-order valence-electron chi connectivity index (χ4n) is 1.61. The molecule has 0 bridgehead atoms. The molecular weight excluding hydrogens is 345 g/mol. The van der Waals surface area contributed by atoms with Crippen LogP contribution < -0.4 is 0 Å². The van der Waals surface area contributed by atoms with Crippen LogP contribution in [-0.4, -0.2) is 49.3 Å². The fourth-order valence-corrected chi connectivity index (χ4v) is 1.97. The smallest absolute Gasteiger partial charge is 0.253 e. The lowest BCUT2D eigenvalue weighted by molar-refractivity contribution is 0.0701. The van der Waals surface area contributed by atoms with E-state index in [1.807, 2.05) is 24.3 Å². The molecule has 0 saturated carbocycles. The number of amides is 1. The molecule has 0 aromatic heterocycles. The first kappa shape index (κ1) is 15.4. The highest BCUT2D eigenvalue weighted by Gasteiger charge is 2.14. The van der Waals surface area contributed by atoms with Crippen molar-refractivity contribution in [2.45, 2.75) is 6.42 Å². The maximum atomic E-state index is 12.2. The van der Waals surface area contributed by atoms with Crippen LogP contribution in [-0.2, 0) is 4.74 Å². The van der Waals surface area contributed by atoms with Crippen LogP contribution >= 0.6 is 22.6 Å². The molecule has 0 fully saturated rings. The molecule has 18 heavy (non-hydrogen) atoms. The van der Waals surface area contributed by atoms with E-state index in [0.29, 0.717) is 25.3 Å². The average Bonchev–Trinajstić information content (AvgIpc) is 2.38. The Labute approximate surface area is 121 Å². The highest BCUT2D eigenvalue weighted by molar-refractivity contribution is 14.1. The van der Waals surface area contributed by atoms with Crippen molar-refractivity contribution in [2.24, 2.45) is 0 Å². The zero-order chi connectivity index (χ0) is 13.4. The van der Waals surface area contributed by atoms with Gasteiger partial charge in [-0.25, -0.2) is 0 Å². The number of methoxy groups -OCH3 is 1. The van der Waals surface area contributed by atoms with Crippen LogP contribution in [0.1, 0.15) is 16.8 Å². The molecule has 0 unspecified atom stereocenters. The number of hydrogen-bond acceptors (Lipinski definition) is 3. The molecule has 0 spiro atoms. The third-order valence-corrected chi connectivity index (χ3v) is 3.24. The maximum Gasteiger partial charge on any atom is 0.253 e. The lowest BCUT2D eigenvalue weighted by Gasteiger charge is -2.21. The third kappa shape index (κ3) is 4.91. The number of rotatable bonds is 7. The van der Waals surface area contributed by atoms with E-state index in [2.05, 4.69) is 22.6 Å². The number of hydrogen-bond donors (Lipinski definition) is 1. The second-order valence-electron chi connectivity index (χ2n) is 3.87. The van der Waals surface area contributed by atoms with Crippen molar-refractivity contribution < 1.29 is 14.6 Å². The monoisotopic (exact) mass is 363 g/mol. The van der Waals surface area contributed by atoms with Gasteiger partial charge in [-0.3, -0.25) is 4.79 Å². The fraction of sp³-hybridized carbons (Fsp3) is 0.462. The number of halogens is 1. The van der Waals surface area contributed by atoms with E-state index in [4.69, 9.17) is 9.84 Å². The number of nitrogens with zero attached hydrogens (tertiary/aromatic N) is 1. The van der Waals surface area contributed by atoms with E-state index in [9.17, 15) is 4.79 Å². The molecule has 0 aliphatic carbocycles. The van der Waals surface area contributed by atoms with Gasteiger partial charge in [0, 0.05) is 35.9 Å². The lowest BCUT2D eigenvalue weighted by atomic mass is 10.2. The van der Waals surface area contributed by atoms with E-state index in [-0.39, 0.29) is 12.5 Å². The van der Waals surface area contributed by atoms with Gasteiger partial charge in [0.05, 0.1) is 6.61 Å². The Morgan fingerprint density at radius 2 is 2.00 bits per heavy atom. The Hall–Kier alpha value is -0.660. The van der Waals surface area contributed by atoms with Gasteiger partial charge < -0.3 is 14.7 Å². The van der Waals surface area contributed by atoms with Crippen molar-refractivity contribution in [2.75, 3.05) is 33.4 Å². The number of aliphatic hydroxyl groups excluding tert-OH is 1. The van der Waals surface area contributed by atoms with E-state index in [0.717, 1.165) is 9.99 Å². The van der Waals surface area contributed by atoms with Gasteiger partial charge >= 0.3 is 0 Å². The van der Waals surface area contributed by atoms with Crippen LogP contribution in [0.5, 0.6) is 0 Å². The van der Waals surface area contributed by atoms with Gasteiger partial charge in [0.25, 0.3) is 5.91 Å². The van der Waals surface area contributed by atoms with Gasteiger partial charge in [-0.1, -0.05) is 0 Å². The summed E-state index contributed by atoms with van der Waals surface area (Å²) in [4.78, 5) is 13.9. The second kappa shape index (κ2) is 8.44. The minimum absolute atomic E-state index is 0.0247. The molecule has 1 amide bonds. The summed E-state index contributed by atoms with van der Waals surface area (Å²) in [5.41, 5.74) is 0.654. The van der Waals surface area contributed by atoms with Crippen LogP contribution in [0.25, 0.3) is 0 Å². The van der Waals surface area contributed by atoms with E-state index < -0.39 is 0 Å². The first-order valence-corrected chi connectivity index (χ1v) is 6.91. The molecule has 1 aromatic carbocycles. The van der Waals surface area contributed by atoms with Crippen molar-refractivity contribution in [3.63, 3.8) is 0 Å². The standard InChI is InChI=1S/C13H18INO3/c1-18-10-2-7-15(8-9-16)13(17)11-3-5-12(14)6-4-11/h3-6,16H,2,7-10H2,1H3. The Kier molecular flexibility index (Phi) is 7.22. The van der Waals surface area contributed by atoms with Crippen LogP contribution in [0, 0.1) is 3.57 Å². The minimum atomic E-state index is -0.0449. The molecular formula is C13H18INO3. The van der Waals surface area contributed by atoms with E-state index in [1.165, 1.54) is 0 Å². The molecule has 1 rings (SSSR count). The molecule has 0 heterocycles. The number of ether oxygens (including phenoxy) is 1. The van der Waals surface area contributed by atoms with Crippen LogP contribution in [0.2, 0.25) is 0 Å². The molecule has 100 valence electrons. The van der Waals surface area contributed by atoms with Crippen LogP contribution in [0.3, 0.4) is 0 Å². The average molecular weight is 363 g/mol. The highest BCUT2D eigenvalue weighted by Crippen LogP contribution is 2.09. The summed E-state index contributed by atoms with van der Waals surface area (Å²) in [6.07, 6.45) is 0.770. The summed E-state index contributed by atoms with van der Waals surface area (Å²) in [6.45, 7) is 1.54. The zero-order valence-corrected chi connectivity index (χ0v) is 12.6. The highest BCUT2D eigenvalue weighted by atomic mass is 127. The summed E-state index contributed by atoms with van der Waals surface area (Å²) in [5.74, 6) is -0.0449. The van der Waals surface area contributed by atoms with Crippen molar-refractivity contribution in [1.29, 1.82) is 0 Å². The molecule has 5 heteroatoms. The topological polar surface area (TPSA) is 49.8 Å². The Bertz CT molecular complexity index is 367. The molecule has 0 aliphatic rings. The van der Waals surface area contributed by atoms with Crippen LogP contribution in [0.15, 0.2) is 24.3 Å². The first-order valence-electron chi connectivity index (χ1n) is 5.83. The van der Waals surface area contributed by atoms with Crippen molar-refractivity contribution in [3.05, 3.63) is 33.4 Å². The predicted molar refractivity (Wildman–Crippen MR) is 78.6 cm³/mol. The molecule has 4 nitrogen and oxygen atoms in total. The van der Waals surface area contributed by atoms with E-state index in [1.54, 1.807) is 12.0 Å². The largest absolute Gasteiger partial charge is 0.395 e. The van der Waals surface area contributed by atoms with Gasteiger partial charge in [0.2, 0.25) is 0 Å². The predicted octanol–water partition coefficient (Wildman–Crippen LogP) is 1.76. The van der Waals surface area contributed by atoms with Crippen molar-refractivity contribution in [1.82, 2.24) is 4.90 Å². The van der Waals surface area contributed by atoms with Crippen molar-refractivity contribution >= 4 is 28.5 Å². The van der Waals surface area contributed by atoms with E-state index >= 15 is 0 Å². The van der Waals surface area contributed by atoms with Gasteiger partial charge in [0.1, 0.15) is 0 Å².